The number of ketones is 1. The van der Waals surface area contributed by atoms with Gasteiger partial charge in [-0.3, -0.25) is 4.79 Å². The number of rotatable bonds is 4. The molecule has 2 unspecified atom stereocenters. The Morgan fingerprint density at radius 3 is 2.74 bits per heavy atom. The fourth-order valence-electron chi connectivity index (χ4n) is 2.48. The van der Waals surface area contributed by atoms with Crippen LogP contribution in [0.25, 0.3) is 0 Å². The third kappa shape index (κ3) is 3.53. The molecule has 1 saturated carbocycles. The summed E-state index contributed by atoms with van der Waals surface area (Å²) in [5.41, 5.74) is 0.305. The van der Waals surface area contributed by atoms with Crippen molar-refractivity contribution < 1.29 is 18.7 Å². The number of halogens is 1. The third-order valence-electron chi connectivity index (χ3n) is 3.53. The topological polar surface area (TPSA) is 35.5 Å². The molecule has 1 aliphatic carbocycles. The van der Waals surface area contributed by atoms with E-state index in [0.717, 1.165) is 25.7 Å². The molecule has 0 radical (unpaired) electrons. The number of benzene rings is 1. The average molecular weight is 266 g/mol. The predicted octanol–water partition coefficient (Wildman–Crippen LogP) is 3.36. The van der Waals surface area contributed by atoms with Crippen molar-refractivity contribution in [1.82, 2.24) is 0 Å². The normalized spacial score (nSPS) is 23.1. The van der Waals surface area contributed by atoms with Gasteiger partial charge >= 0.3 is 0 Å². The van der Waals surface area contributed by atoms with Crippen LogP contribution in [0, 0.1) is 5.82 Å². The molecule has 19 heavy (non-hydrogen) atoms. The van der Waals surface area contributed by atoms with Gasteiger partial charge in [-0.25, -0.2) is 4.39 Å². The first kappa shape index (κ1) is 14.0. The van der Waals surface area contributed by atoms with Crippen LogP contribution in [0.2, 0.25) is 0 Å². The molecule has 0 N–H and O–H groups in total. The summed E-state index contributed by atoms with van der Waals surface area (Å²) >= 11 is 0. The zero-order valence-corrected chi connectivity index (χ0v) is 11.3. The average Bonchev–Trinajstić information content (AvgIpc) is 2.41. The second kappa shape index (κ2) is 6.15. The number of hydrogen-bond donors (Lipinski definition) is 0. The van der Waals surface area contributed by atoms with Crippen molar-refractivity contribution in [2.75, 3.05) is 7.11 Å². The van der Waals surface area contributed by atoms with Gasteiger partial charge in [-0.05, 0) is 44.4 Å². The zero-order chi connectivity index (χ0) is 13.8. The lowest BCUT2D eigenvalue weighted by molar-refractivity contribution is 0.0207. The Morgan fingerprint density at radius 1 is 1.32 bits per heavy atom. The van der Waals surface area contributed by atoms with Gasteiger partial charge in [-0.2, -0.15) is 0 Å². The Kier molecular flexibility index (Phi) is 4.53. The van der Waals surface area contributed by atoms with E-state index in [9.17, 15) is 9.18 Å². The Labute approximate surface area is 112 Å². The molecule has 2 atom stereocenters. The molecular formula is C15H19FO3. The summed E-state index contributed by atoms with van der Waals surface area (Å²) in [6.07, 6.45) is 4.07. The first-order chi connectivity index (χ1) is 9.10. The fraction of sp³-hybridized carbons (Fsp3) is 0.533. The van der Waals surface area contributed by atoms with Crippen LogP contribution < -0.4 is 4.74 Å². The summed E-state index contributed by atoms with van der Waals surface area (Å²) in [6, 6.07) is 4.08. The predicted molar refractivity (Wildman–Crippen MR) is 70.1 cm³/mol. The molecule has 104 valence electrons. The van der Waals surface area contributed by atoms with Crippen molar-refractivity contribution in [1.29, 1.82) is 0 Å². The molecule has 4 heteroatoms. The number of ether oxygens (including phenoxy) is 2. The minimum absolute atomic E-state index is 0.0299. The Morgan fingerprint density at radius 2 is 2.05 bits per heavy atom. The van der Waals surface area contributed by atoms with E-state index in [2.05, 4.69) is 0 Å². The van der Waals surface area contributed by atoms with Crippen molar-refractivity contribution in [2.24, 2.45) is 0 Å². The van der Waals surface area contributed by atoms with Gasteiger partial charge in [0.1, 0.15) is 17.7 Å². The smallest absolute Gasteiger partial charge is 0.163 e. The van der Waals surface area contributed by atoms with Crippen molar-refractivity contribution in [3.8, 4) is 5.75 Å². The summed E-state index contributed by atoms with van der Waals surface area (Å²) in [5, 5.41) is 0. The molecule has 1 fully saturated rings. The third-order valence-corrected chi connectivity index (χ3v) is 3.53. The van der Waals surface area contributed by atoms with Crippen LogP contribution in [-0.4, -0.2) is 25.1 Å². The molecule has 1 aromatic carbocycles. The van der Waals surface area contributed by atoms with Gasteiger partial charge in [0.2, 0.25) is 0 Å². The lowest BCUT2D eigenvalue weighted by Crippen LogP contribution is -2.29. The van der Waals surface area contributed by atoms with Crippen LogP contribution in [0.3, 0.4) is 0 Å². The molecule has 0 saturated heterocycles. The van der Waals surface area contributed by atoms with Crippen LogP contribution in [-0.2, 0) is 4.74 Å². The minimum atomic E-state index is -0.420. The molecule has 0 heterocycles. The molecule has 1 aliphatic rings. The second-order valence-corrected chi connectivity index (χ2v) is 4.96. The quantitative estimate of drug-likeness (QED) is 0.784. The number of methoxy groups -OCH3 is 1. The molecule has 3 nitrogen and oxygen atoms in total. The monoisotopic (exact) mass is 266 g/mol. The molecule has 0 aromatic heterocycles. The van der Waals surface area contributed by atoms with E-state index in [0.29, 0.717) is 11.3 Å². The summed E-state index contributed by atoms with van der Waals surface area (Å²) in [4.78, 5) is 11.5. The molecule has 2 rings (SSSR count). The van der Waals surface area contributed by atoms with Gasteiger partial charge in [0, 0.05) is 13.5 Å². The first-order valence-electron chi connectivity index (χ1n) is 6.60. The summed E-state index contributed by atoms with van der Waals surface area (Å²) in [5.74, 6) is -0.139. The van der Waals surface area contributed by atoms with Crippen LogP contribution in [0.5, 0.6) is 5.75 Å². The number of carbonyl (C=O) groups excluding carboxylic acids is 1. The molecule has 0 amide bonds. The van der Waals surface area contributed by atoms with Gasteiger partial charge in [-0.1, -0.05) is 0 Å². The van der Waals surface area contributed by atoms with Gasteiger partial charge in [0.05, 0.1) is 11.7 Å². The second-order valence-electron chi connectivity index (χ2n) is 4.96. The van der Waals surface area contributed by atoms with E-state index in [1.165, 1.54) is 25.1 Å². The van der Waals surface area contributed by atoms with Crippen molar-refractivity contribution in [2.45, 2.75) is 44.8 Å². The highest BCUT2D eigenvalue weighted by atomic mass is 19.1. The maximum atomic E-state index is 13.2. The Hall–Kier alpha value is -1.42. The van der Waals surface area contributed by atoms with Crippen LogP contribution >= 0.6 is 0 Å². The lowest BCUT2D eigenvalue weighted by atomic mass is 9.94. The largest absolute Gasteiger partial charge is 0.490 e. The summed E-state index contributed by atoms with van der Waals surface area (Å²) in [6.45, 7) is 1.42. The van der Waals surface area contributed by atoms with E-state index >= 15 is 0 Å². The van der Waals surface area contributed by atoms with Crippen molar-refractivity contribution in [3.05, 3.63) is 29.6 Å². The maximum absolute atomic E-state index is 13.2. The highest BCUT2D eigenvalue weighted by Crippen LogP contribution is 2.28. The Balaban J connectivity index is 2.12. The lowest BCUT2D eigenvalue weighted by Gasteiger charge is -2.29. The SMILES string of the molecule is COC1CCCC(Oc2ccc(F)cc2C(C)=O)C1. The van der Waals surface area contributed by atoms with Crippen molar-refractivity contribution in [3.63, 3.8) is 0 Å². The number of carbonyl (C=O) groups is 1. The molecule has 0 aliphatic heterocycles. The number of hydrogen-bond acceptors (Lipinski definition) is 3. The summed E-state index contributed by atoms with van der Waals surface area (Å²) in [7, 11) is 1.70. The summed E-state index contributed by atoms with van der Waals surface area (Å²) < 4.78 is 24.4. The van der Waals surface area contributed by atoms with Crippen molar-refractivity contribution >= 4 is 5.78 Å². The first-order valence-corrected chi connectivity index (χ1v) is 6.60. The standard InChI is InChI=1S/C15H19FO3/c1-10(17)14-8-11(16)6-7-15(14)19-13-5-3-4-12(9-13)18-2/h6-8,12-13H,3-5,9H2,1-2H3. The highest BCUT2D eigenvalue weighted by Gasteiger charge is 2.24. The molecular weight excluding hydrogens is 247 g/mol. The zero-order valence-electron chi connectivity index (χ0n) is 11.3. The Bertz CT molecular complexity index is 459. The molecule has 1 aromatic rings. The van der Waals surface area contributed by atoms with E-state index in [4.69, 9.17) is 9.47 Å². The van der Waals surface area contributed by atoms with Crippen LogP contribution in [0.4, 0.5) is 4.39 Å². The van der Waals surface area contributed by atoms with Gasteiger partial charge < -0.3 is 9.47 Å². The fourth-order valence-corrected chi connectivity index (χ4v) is 2.48. The van der Waals surface area contributed by atoms with Gasteiger partial charge in [0.25, 0.3) is 0 Å². The number of Topliss-reactive ketones (excluding diaryl/α,β-unsaturated/α-hetero) is 1. The van der Waals surface area contributed by atoms with E-state index in [1.807, 2.05) is 0 Å². The van der Waals surface area contributed by atoms with Gasteiger partial charge in [0.15, 0.2) is 5.78 Å². The molecule has 0 spiro atoms. The molecule has 0 bridgehead atoms. The highest BCUT2D eigenvalue weighted by molar-refractivity contribution is 5.96. The minimum Gasteiger partial charge on any atom is -0.490 e. The van der Waals surface area contributed by atoms with E-state index in [1.54, 1.807) is 7.11 Å². The van der Waals surface area contributed by atoms with Crippen LogP contribution in [0.1, 0.15) is 43.0 Å². The maximum Gasteiger partial charge on any atom is 0.163 e. The van der Waals surface area contributed by atoms with Gasteiger partial charge in [-0.15, -0.1) is 0 Å². The van der Waals surface area contributed by atoms with Crippen LogP contribution in [0.15, 0.2) is 18.2 Å². The van der Waals surface area contributed by atoms with E-state index < -0.39 is 5.82 Å². The van der Waals surface area contributed by atoms with E-state index in [-0.39, 0.29) is 18.0 Å².